The van der Waals surface area contributed by atoms with Crippen LogP contribution in [0.3, 0.4) is 0 Å². The van der Waals surface area contributed by atoms with Crippen molar-refractivity contribution < 1.29 is 5.11 Å². The highest BCUT2D eigenvalue weighted by Crippen LogP contribution is 2.23. The fraction of sp³-hybridized carbons (Fsp3) is 0.600. The summed E-state index contributed by atoms with van der Waals surface area (Å²) in [5.41, 5.74) is 5.18. The summed E-state index contributed by atoms with van der Waals surface area (Å²) in [5.74, 6) is 0. The monoisotopic (exact) mass is 220 g/mol. The first-order chi connectivity index (χ1) is 7.50. The number of allylic oxidation sites excluding steroid dienone is 4. The lowest BCUT2D eigenvalue weighted by atomic mass is 9.93. The van der Waals surface area contributed by atoms with Crippen LogP contribution in [0.5, 0.6) is 0 Å². The van der Waals surface area contributed by atoms with Gasteiger partial charge in [-0.05, 0) is 59.0 Å². The molecule has 1 heteroatoms. The average molecular weight is 220 g/mol. The van der Waals surface area contributed by atoms with Gasteiger partial charge in [0.1, 0.15) is 0 Å². The summed E-state index contributed by atoms with van der Waals surface area (Å²) in [6.45, 7) is 8.48. The molecule has 0 aromatic rings. The maximum atomic E-state index is 10.2. The highest BCUT2D eigenvalue weighted by Gasteiger charge is 2.13. The van der Waals surface area contributed by atoms with E-state index in [2.05, 4.69) is 39.8 Å². The average Bonchev–Trinajstić information content (AvgIpc) is 2.16. The molecule has 0 amide bonds. The first-order valence-corrected chi connectivity index (χ1v) is 6.16. The van der Waals surface area contributed by atoms with Gasteiger partial charge >= 0.3 is 0 Å². The van der Waals surface area contributed by atoms with E-state index in [1.165, 1.54) is 22.3 Å². The van der Waals surface area contributed by atoms with E-state index in [0.29, 0.717) is 0 Å². The first-order valence-electron chi connectivity index (χ1n) is 6.16. The lowest BCUT2D eigenvalue weighted by Gasteiger charge is -2.18. The molecule has 90 valence electrons. The Kier molecular flexibility index (Phi) is 5.01. The molecule has 0 saturated heterocycles. The van der Waals surface area contributed by atoms with Gasteiger partial charge in [-0.2, -0.15) is 0 Å². The van der Waals surface area contributed by atoms with Crippen LogP contribution >= 0.6 is 0 Å². The first kappa shape index (κ1) is 13.2. The van der Waals surface area contributed by atoms with Crippen molar-refractivity contribution in [3.63, 3.8) is 0 Å². The minimum atomic E-state index is -0.302. The third kappa shape index (κ3) is 3.97. The van der Waals surface area contributed by atoms with Gasteiger partial charge in [0.05, 0.1) is 6.10 Å². The van der Waals surface area contributed by atoms with Crippen molar-refractivity contribution in [2.24, 2.45) is 0 Å². The van der Waals surface area contributed by atoms with Crippen LogP contribution in [-0.2, 0) is 0 Å². The number of aliphatic hydroxyl groups excluding tert-OH is 1. The summed E-state index contributed by atoms with van der Waals surface area (Å²) in [4.78, 5) is 0. The molecule has 0 saturated carbocycles. The maximum Gasteiger partial charge on any atom is 0.0792 e. The van der Waals surface area contributed by atoms with Crippen molar-refractivity contribution in [1.29, 1.82) is 0 Å². The molecule has 16 heavy (non-hydrogen) atoms. The minimum absolute atomic E-state index is 0.302. The van der Waals surface area contributed by atoms with Crippen molar-refractivity contribution in [3.05, 3.63) is 34.4 Å². The van der Waals surface area contributed by atoms with Crippen molar-refractivity contribution in [2.75, 3.05) is 0 Å². The molecule has 0 heterocycles. The van der Waals surface area contributed by atoms with E-state index in [4.69, 9.17) is 0 Å². The van der Waals surface area contributed by atoms with E-state index >= 15 is 0 Å². The molecule has 0 aromatic heterocycles. The van der Waals surface area contributed by atoms with Crippen molar-refractivity contribution in [1.82, 2.24) is 0 Å². The molecule has 1 N–H and O–H groups in total. The van der Waals surface area contributed by atoms with E-state index < -0.39 is 0 Å². The molecular formula is C15H24O. The Morgan fingerprint density at radius 1 is 1.19 bits per heavy atom. The number of rotatable bonds is 0. The number of aliphatic hydroxyl groups is 1. The molecule has 0 aromatic carbocycles. The molecule has 0 spiro atoms. The minimum Gasteiger partial charge on any atom is -0.388 e. The zero-order chi connectivity index (χ0) is 12.1. The molecule has 0 bridgehead atoms. The van der Waals surface area contributed by atoms with Crippen LogP contribution in [-0.4, -0.2) is 11.2 Å². The molecule has 0 fully saturated rings. The summed E-state index contributed by atoms with van der Waals surface area (Å²) >= 11 is 0. The standard InChI is InChI=1S/C15H24O/c1-11(2)14-9-8-12(3)6-5-7-13(4)10-15(14)16/h7-8,15-16H,5-6,9-10H2,1-4H3/b12-8+,13-7-. The second-order valence-electron chi connectivity index (χ2n) is 5.09. The second kappa shape index (κ2) is 6.05. The Morgan fingerprint density at radius 3 is 2.50 bits per heavy atom. The summed E-state index contributed by atoms with van der Waals surface area (Å²) in [6, 6.07) is 0. The zero-order valence-corrected chi connectivity index (χ0v) is 11.0. The normalized spacial score (nSPS) is 30.1. The van der Waals surface area contributed by atoms with Gasteiger partial charge in [0, 0.05) is 0 Å². The van der Waals surface area contributed by atoms with Gasteiger partial charge in [0.15, 0.2) is 0 Å². The fourth-order valence-electron chi connectivity index (χ4n) is 2.12. The van der Waals surface area contributed by atoms with Gasteiger partial charge in [0.25, 0.3) is 0 Å². The highest BCUT2D eigenvalue weighted by molar-refractivity contribution is 5.22. The lowest BCUT2D eigenvalue weighted by molar-refractivity contribution is 0.207. The maximum absolute atomic E-state index is 10.2. The Balaban J connectivity index is 2.94. The summed E-state index contributed by atoms with van der Waals surface area (Å²) in [7, 11) is 0. The molecule has 1 rings (SSSR count). The molecular weight excluding hydrogens is 196 g/mol. The van der Waals surface area contributed by atoms with E-state index in [0.717, 1.165) is 25.7 Å². The lowest BCUT2D eigenvalue weighted by Crippen LogP contribution is -2.12. The summed E-state index contributed by atoms with van der Waals surface area (Å²) in [5, 5.41) is 10.2. The third-order valence-corrected chi connectivity index (χ3v) is 3.26. The van der Waals surface area contributed by atoms with Crippen LogP contribution in [0.4, 0.5) is 0 Å². The van der Waals surface area contributed by atoms with E-state index in [-0.39, 0.29) is 6.10 Å². The Morgan fingerprint density at radius 2 is 1.88 bits per heavy atom. The van der Waals surface area contributed by atoms with Crippen LogP contribution in [0.15, 0.2) is 34.4 Å². The van der Waals surface area contributed by atoms with Crippen LogP contribution in [0.1, 0.15) is 53.4 Å². The Hall–Kier alpha value is -0.820. The highest BCUT2D eigenvalue weighted by atomic mass is 16.3. The van der Waals surface area contributed by atoms with Crippen molar-refractivity contribution in [3.8, 4) is 0 Å². The zero-order valence-electron chi connectivity index (χ0n) is 11.0. The Labute approximate surface area is 99.6 Å². The van der Waals surface area contributed by atoms with Crippen LogP contribution in [0.2, 0.25) is 0 Å². The van der Waals surface area contributed by atoms with Crippen LogP contribution in [0, 0.1) is 0 Å². The molecule has 1 unspecified atom stereocenters. The topological polar surface area (TPSA) is 20.2 Å². The SMILES string of the molecule is CC(C)=C1C/C=C(\C)CC/C=C(/C)CC1O. The number of hydrogen-bond acceptors (Lipinski definition) is 1. The summed E-state index contributed by atoms with van der Waals surface area (Å²) < 4.78 is 0. The van der Waals surface area contributed by atoms with Gasteiger partial charge in [0.2, 0.25) is 0 Å². The number of hydrogen-bond donors (Lipinski definition) is 1. The van der Waals surface area contributed by atoms with E-state index in [1.807, 2.05) is 0 Å². The van der Waals surface area contributed by atoms with E-state index in [1.54, 1.807) is 0 Å². The molecule has 1 atom stereocenters. The van der Waals surface area contributed by atoms with Gasteiger partial charge in [-0.1, -0.05) is 28.9 Å². The van der Waals surface area contributed by atoms with Gasteiger partial charge in [-0.3, -0.25) is 0 Å². The molecule has 1 nitrogen and oxygen atoms in total. The molecule has 1 aliphatic rings. The fourth-order valence-corrected chi connectivity index (χ4v) is 2.12. The van der Waals surface area contributed by atoms with Crippen molar-refractivity contribution in [2.45, 2.75) is 59.5 Å². The molecule has 0 aliphatic heterocycles. The Bertz CT molecular complexity index is 327. The van der Waals surface area contributed by atoms with Crippen LogP contribution < -0.4 is 0 Å². The van der Waals surface area contributed by atoms with Crippen LogP contribution in [0.25, 0.3) is 0 Å². The smallest absolute Gasteiger partial charge is 0.0792 e. The van der Waals surface area contributed by atoms with Gasteiger partial charge in [-0.15, -0.1) is 0 Å². The molecule has 1 aliphatic carbocycles. The quantitative estimate of drug-likeness (QED) is 0.608. The van der Waals surface area contributed by atoms with Crippen molar-refractivity contribution >= 4 is 0 Å². The third-order valence-electron chi connectivity index (χ3n) is 3.26. The van der Waals surface area contributed by atoms with Gasteiger partial charge < -0.3 is 5.11 Å². The second-order valence-corrected chi connectivity index (χ2v) is 5.09. The predicted octanol–water partition coefficient (Wildman–Crippen LogP) is 4.15. The van der Waals surface area contributed by atoms with Gasteiger partial charge in [-0.25, -0.2) is 0 Å². The molecule has 0 radical (unpaired) electrons. The predicted molar refractivity (Wildman–Crippen MR) is 70.4 cm³/mol. The largest absolute Gasteiger partial charge is 0.388 e. The van der Waals surface area contributed by atoms with E-state index in [9.17, 15) is 5.11 Å². The summed E-state index contributed by atoms with van der Waals surface area (Å²) in [6.07, 6.45) is 8.16.